The fraction of sp³-hybridized carbons (Fsp3) is 1.00. The maximum atomic E-state index is 10.1. The molecule has 0 aromatic carbocycles. The van der Waals surface area contributed by atoms with Crippen LogP contribution in [0.15, 0.2) is 0 Å². The van der Waals surface area contributed by atoms with E-state index in [1.54, 1.807) is 0 Å². The normalized spacial score (nSPS) is 38.5. The molecule has 0 saturated carbocycles. The molecule has 0 aliphatic carbocycles. The van der Waals surface area contributed by atoms with Crippen molar-refractivity contribution in [2.45, 2.75) is 38.4 Å². The quantitative estimate of drug-likeness (QED) is 0.654. The van der Waals surface area contributed by atoms with E-state index in [4.69, 9.17) is 10.5 Å². The second-order valence-electron chi connectivity index (χ2n) is 3.79. The summed E-state index contributed by atoms with van der Waals surface area (Å²) in [6.45, 7) is 5.02. The Balaban J connectivity index is 2.51. The van der Waals surface area contributed by atoms with Crippen molar-refractivity contribution in [2.75, 3.05) is 13.2 Å². The van der Waals surface area contributed by atoms with Crippen molar-refractivity contribution in [1.82, 2.24) is 0 Å². The third-order valence-electron chi connectivity index (χ3n) is 2.88. The van der Waals surface area contributed by atoms with Crippen molar-refractivity contribution in [3.05, 3.63) is 0 Å². The summed E-state index contributed by atoms with van der Waals surface area (Å²) < 4.78 is 5.44. The van der Waals surface area contributed by atoms with Gasteiger partial charge in [0.15, 0.2) is 0 Å². The maximum Gasteiger partial charge on any atom is 0.0942 e. The number of hydrogen-bond donors (Lipinski definition) is 2. The molecule has 1 aliphatic rings. The lowest BCUT2D eigenvalue weighted by Gasteiger charge is -2.27. The Labute approximate surface area is 73.9 Å². The first-order chi connectivity index (χ1) is 5.62. The predicted molar refractivity (Wildman–Crippen MR) is 47.8 cm³/mol. The van der Waals surface area contributed by atoms with Crippen LogP contribution in [0, 0.1) is 5.92 Å². The summed E-state index contributed by atoms with van der Waals surface area (Å²) >= 11 is 0. The van der Waals surface area contributed by atoms with Gasteiger partial charge in [0.2, 0.25) is 0 Å². The van der Waals surface area contributed by atoms with Crippen LogP contribution in [-0.4, -0.2) is 30.0 Å². The molecule has 1 fully saturated rings. The molecule has 3 nitrogen and oxygen atoms in total. The molecule has 1 heterocycles. The van der Waals surface area contributed by atoms with Crippen LogP contribution in [0.2, 0.25) is 0 Å². The van der Waals surface area contributed by atoms with Gasteiger partial charge in [-0.25, -0.2) is 0 Å². The molecule has 0 radical (unpaired) electrons. The molecule has 3 heteroatoms. The second-order valence-corrected chi connectivity index (χ2v) is 3.79. The monoisotopic (exact) mass is 173 g/mol. The Morgan fingerprint density at radius 2 is 2.42 bits per heavy atom. The predicted octanol–water partition coefficient (Wildman–Crippen LogP) is 0.511. The van der Waals surface area contributed by atoms with E-state index < -0.39 is 5.60 Å². The lowest BCUT2D eigenvalue weighted by atomic mass is 9.86. The fourth-order valence-corrected chi connectivity index (χ4v) is 1.60. The SMILES string of the molecule is CCC1CC(O)(C(C)CN)CO1. The first-order valence-corrected chi connectivity index (χ1v) is 4.66. The van der Waals surface area contributed by atoms with Crippen LogP contribution in [0.4, 0.5) is 0 Å². The van der Waals surface area contributed by atoms with E-state index in [1.807, 2.05) is 6.92 Å². The van der Waals surface area contributed by atoms with E-state index in [2.05, 4.69) is 6.92 Å². The van der Waals surface area contributed by atoms with Crippen LogP contribution >= 0.6 is 0 Å². The smallest absolute Gasteiger partial charge is 0.0942 e. The minimum atomic E-state index is -0.671. The third-order valence-corrected chi connectivity index (χ3v) is 2.88. The number of hydrogen-bond acceptors (Lipinski definition) is 3. The summed E-state index contributed by atoms with van der Waals surface area (Å²) in [5, 5.41) is 10.1. The molecular formula is C9H19NO2. The Morgan fingerprint density at radius 1 is 1.75 bits per heavy atom. The topological polar surface area (TPSA) is 55.5 Å². The van der Waals surface area contributed by atoms with Gasteiger partial charge in [0.1, 0.15) is 0 Å². The van der Waals surface area contributed by atoms with Gasteiger partial charge in [-0.15, -0.1) is 0 Å². The Hall–Kier alpha value is -0.120. The number of ether oxygens (including phenoxy) is 1. The van der Waals surface area contributed by atoms with E-state index in [0.29, 0.717) is 13.2 Å². The van der Waals surface area contributed by atoms with Gasteiger partial charge in [-0.2, -0.15) is 0 Å². The fourth-order valence-electron chi connectivity index (χ4n) is 1.60. The molecule has 12 heavy (non-hydrogen) atoms. The molecule has 1 saturated heterocycles. The van der Waals surface area contributed by atoms with Crippen molar-refractivity contribution in [2.24, 2.45) is 11.7 Å². The Bertz CT molecular complexity index is 151. The van der Waals surface area contributed by atoms with Crippen molar-refractivity contribution >= 4 is 0 Å². The van der Waals surface area contributed by atoms with Crippen molar-refractivity contribution in [3.63, 3.8) is 0 Å². The first-order valence-electron chi connectivity index (χ1n) is 4.66. The first kappa shape index (κ1) is 9.96. The van der Waals surface area contributed by atoms with Gasteiger partial charge < -0.3 is 15.6 Å². The highest BCUT2D eigenvalue weighted by Crippen LogP contribution is 2.31. The molecule has 0 aromatic heterocycles. The molecule has 0 spiro atoms. The summed E-state index contributed by atoms with van der Waals surface area (Å²) in [6, 6.07) is 0. The van der Waals surface area contributed by atoms with E-state index in [0.717, 1.165) is 12.8 Å². The lowest BCUT2D eigenvalue weighted by Crippen LogP contribution is -2.41. The van der Waals surface area contributed by atoms with Gasteiger partial charge in [0, 0.05) is 6.42 Å². The summed E-state index contributed by atoms with van der Waals surface area (Å²) in [7, 11) is 0. The van der Waals surface area contributed by atoms with Crippen molar-refractivity contribution < 1.29 is 9.84 Å². The van der Waals surface area contributed by atoms with Crippen LogP contribution in [0.25, 0.3) is 0 Å². The summed E-state index contributed by atoms with van der Waals surface area (Å²) in [4.78, 5) is 0. The van der Waals surface area contributed by atoms with Crippen LogP contribution in [0.5, 0.6) is 0 Å². The maximum absolute atomic E-state index is 10.1. The van der Waals surface area contributed by atoms with Crippen molar-refractivity contribution in [1.29, 1.82) is 0 Å². The van der Waals surface area contributed by atoms with Gasteiger partial charge in [-0.1, -0.05) is 13.8 Å². The standard InChI is InChI=1S/C9H19NO2/c1-3-8-4-9(11,6-12-8)7(2)5-10/h7-8,11H,3-6,10H2,1-2H3. The number of aliphatic hydroxyl groups is 1. The molecule has 0 aromatic rings. The molecule has 3 N–H and O–H groups in total. The van der Waals surface area contributed by atoms with Gasteiger partial charge in [0.05, 0.1) is 18.3 Å². The van der Waals surface area contributed by atoms with E-state index in [-0.39, 0.29) is 12.0 Å². The number of rotatable bonds is 3. The zero-order valence-corrected chi connectivity index (χ0v) is 7.92. The molecule has 1 rings (SSSR count). The summed E-state index contributed by atoms with van der Waals surface area (Å²) in [5.74, 6) is 0.133. The van der Waals surface area contributed by atoms with Gasteiger partial charge >= 0.3 is 0 Å². The zero-order chi connectivity index (χ0) is 9.19. The molecule has 0 amide bonds. The highest BCUT2D eigenvalue weighted by atomic mass is 16.5. The minimum Gasteiger partial charge on any atom is -0.387 e. The lowest BCUT2D eigenvalue weighted by molar-refractivity contribution is -0.0176. The van der Waals surface area contributed by atoms with Crippen LogP contribution in [-0.2, 0) is 4.74 Å². The highest BCUT2D eigenvalue weighted by Gasteiger charge is 2.41. The molecule has 72 valence electrons. The Kier molecular flexibility index (Phi) is 3.09. The van der Waals surface area contributed by atoms with Crippen LogP contribution in [0.1, 0.15) is 26.7 Å². The minimum absolute atomic E-state index is 0.133. The largest absolute Gasteiger partial charge is 0.387 e. The van der Waals surface area contributed by atoms with Gasteiger partial charge in [-0.3, -0.25) is 0 Å². The van der Waals surface area contributed by atoms with E-state index in [1.165, 1.54) is 0 Å². The molecule has 3 atom stereocenters. The van der Waals surface area contributed by atoms with Gasteiger partial charge in [-0.05, 0) is 18.9 Å². The van der Waals surface area contributed by atoms with Crippen LogP contribution in [0.3, 0.4) is 0 Å². The average Bonchev–Trinajstić information content (AvgIpc) is 2.47. The number of nitrogens with two attached hydrogens (primary N) is 1. The van der Waals surface area contributed by atoms with Crippen molar-refractivity contribution in [3.8, 4) is 0 Å². The second kappa shape index (κ2) is 3.73. The summed E-state index contributed by atoms with van der Waals surface area (Å²) in [6.07, 6.45) is 1.94. The van der Waals surface area contributed by atoms with Crippen LogP contribution < -0.4 is 5.73 Å². The van der Waals surface area contributed by atoms with E-state index >= 15 is 0 Å². The average molecular weight is 173 g/mol. The molecule has 1 aliphatic heterocycles. The third kappa shape index (κ3) is 1.79. The zero-order valence-electron chi connectivity index (χ0n) is 7.92. The highest BCUT2D eigenvalue weighted by molar-refractivity contribution is 4.91. The molecule has 3 unspecified atom stereocenters. The molecule has 0 bridgehead atoms. The molecular weight excluding hydrogens is 154 g/mol. The van der Waals surface area contributed by atoms with Gasteiger partial charge in [0.25, 0.3) is 0 Å². The summed E-state index contributed by atoms with van der Waals surface area (Å²) in [5.41, 5.74) is 4.84. The van der Waals surface area contributed by atoms with E-state index in [9.17, 15) is 5.11 Å². The Morgan fingerprint density at radius 3 is 2.83 bits per heavy atom.